The number of nitrogens with one attached hydrogen (secondary N) is 2. The van der Waals surface area contributed by atoms with Crippen molar-refractivity contribution >= 4 is 23.2 Å². The first kappa shape index (κ1) is 12.6. The van der Waals surface area contributed by atoms with Crippen molar-refractivity contribution < 1.29 is 9.53 Å². The van der Waals surface area contributed by atoms with E-state index < -0.39 is 0 Å². The standard InChI is InChI=1S/C11H15ClN2O2/c1-3-13-11(15)7-14-8-4-5-9(12)10(6-8)16-2/h4-6,14H,3,7H2,1-2H3,(H,13,15). The molecule has 0 saturated heterocycles. The van der Waals surface area contributed by atoms with Gasteiger partial charge in [-0.3, -0.25) is 4.79 Å². The first-order valence-electron chi connectivity index (χ1n) is 5.01. The summed E-state index contributed by atoms with van der Waals surface area (Å²) >= 11 is 5.88. The van der Waals surface area contributed by atoms with E-state index in [4.69, 9.17) is 16.3 Å². The fourth-order valence-electron chi connectivity index (χ4n) is 1.21. The molecule has 0 fully saturated rings. The Morgan fingerprint density at radius 1 is 1.50 bits per heavy atom. The molecule has 0 aromatic heterocycles. The highest BCUT2D eigenvalue weighted by Crippen LogP contribution is 2.27. The predicted octanol–water partition coefficient (Wildman–Crippen LogP) is 1.90. The average Bonchev–Trinajstić information content (AvgIpc) is 2.28. The van der Waals surface area contributed by atoms with Crippen molar-refractivity contribution in [2.24, 2.45) is 0 Å². The van der Waals surface area contributed by atoms with Crippen LogP contribution in [0.2, 0.25) is 5.02 Å². The summed E-state index contributed by atoms with van der Waals surface area (Å²) in [5, 5.41) is 6.22. The molecule has 0 aliphatic carbocycles. The Kier molecular flexibility index (Phi) is 4.92. The number of rotatable bonds is 5. The summed E-state index contributed by atoms with van der Waals surface area (Å²) in [6.07, 6.45) is 0. The van der Waals surface area contributed by atoms with Crippen LogP contribution in [0.15, 0.2) is 18.2 Å². The van der Waals surface area contributed by atoms with Crippen LogP contribution in [0.25, 0.3) is 0 Å². The number of amides is 1. The van der Waals surface area contributed by atoms with Gasteiger partial charge in [-0.2, -0.15) is 0 Å². The number of likely N-dealkylation sites (N-methyl/N-ethyl adjacent to an activating group) is 1. The number of ether oxygens (including phenoxy) is 1. The van der Waals surface area contributed by atoms with Crippen molar-refractivity contribution in [2.75, 3.05) is 25.5 Å². The SMILES string of the molecule is CCNC(=O)CNc1ccc(Cl)c(OC)c1. The largest absolute Gasteiger partial charge is 0.495 e. The van der Waals surface area contributed by atoms with E-state index in [0.29, 0.717) is 17.3 Å². The molecular formula is C11H15ClN2O2. The fraction of sp³-hybridized carbons (Fsp3) is 0.364. The maximum absolute atomic E-state index is 11.2. The van der Waals surface area contributed by atoms with Crippen LogP contribution in [0.1, 0.15) is 6.92 Å². The predicted molar refractivity (Wildman–Crippen MR) is 65.2 cm³/mol. The molecule has 0 saturated carbocycles. The first-order chi connectivity index (χ1) is 7.67. The lowest BCUT2D eigenvalue weighted by molar-refractivity contribution is -0.119. The van der Waals surface area contributed by atoms with E-state index in [1.807, 2.05) is 6.92 Å². The van der Waals surface area contributed by atoms with Crippen LogP contribution in [0.4, 0.5) is 5.69 Å². The van der Waals surface area contributed by atoms with Gasteiger partial charge in [-0.15, -0.1) is 0 Å². The monoisotopic (exact) mass is 242 g/mol. The Hall–Kier alpha value is -1.42. The van der Waals surface area contributed by atoms with Crippen LogP contribution in [-0.4, -0.2) is 26.1 Å². The van der Waals surface area contributed by atoms with Gasteiger partial charge in [0, 0.05) is 18.3 Å². The molecule has 4 nitrogen and oxygen atoms in total. The molecule has 0 heterocycles. The number of anilines is 1. The average molecular weight is 243 g/mol. The van der Waals surface area contributed by atoms with E-state index >= 15 is 0 Å². The zero-order valence-electron chi connectivity index (χ0n) is 9.34. The second kappa shape index (κ2) is 6.23. The van der Waals surface area contributed by atoms with Crippen molar-refractivity contribution in [3.05, 3.63) is 23.2 Å². The van der Waals surface area contributed by atoms with Crippen molar-refractivity contribution in [3.63, 3.8) is 0 Å². The summed E-state index contributed by atoms with van der Waals surface area (Å²) in [5.41, 5.74) is 0.799. The van der Waals surface area contributed by atoms with E-state index in [1.165, 1.54) is 0 Å². The van der Waals surface area contributed by atoms with Crippen LogP contribution in [0, 0.1) is 0 Å². The lowest BCUT2D eigenvalue weighted by Gasteiger charge is -2.09. The smallest absolute Gasteiger partial charge is 0.239 e. The topological polar surface area (TPSA) is 50.4 Å². The summed E-state index contributed by atoms with van der Waals surface area (Å²) in [6, 6.07) is 5.27. The maximum atomic E-state index is 11.2. The summed E-state index contributed by atoms with van der Waals surface area (Å²) in [6.45, 7) is 2.74. The normalized spacial score (nSPS) is 9.69. The van der Waals surface area contributed by atoms with Gasteiger partial charge in [-0.1, -0.05) is 11.6 Å². The lowest BCUT2D eigenvalue weighted by atomic mass is 10.3. The highest BCUT2D eigenvalue weighted by atomic mass is 35.5. The van der Waals surface area contributed by atoms with Gasteiger partial charge in [0.15, 0.2) is 0 Å². The number of carbonyl (C=O) groups is 1. The Balaban J connectivity index is 2.57. The minimum Gasteiger partial charge on any atom is -0.495 e. The van der Waals surface area contributed by atoms with Crippen LogP contribution < -0.4 is 15.4 Å². The third-order valence-corrected chi connectivity index (χ3v) is 2.29. The quantitative estimate of drug-likeness (QED) is 0.829. The summed E-state index contributed by atoms with van der Waals surface area (Å²) < 4.78 is 5.07. The first-order valence-corrected chi connectivity index (χ1v) is 5.39. The number of hydrogen-bond donors (Lipinski definition) is 2. The molecular weight excluding hydrogens is 228 g/mol. The summed E-state index contributed by atoms with van der Waals surface area (Å²) in [7, 11) is 1.55. The number of carbonyl (C=O) groups excluding carboxylic acids is 1. The Morgan fingerprint density at radius 3 is 2.88 bits per heavy atom. The summed E-state index contributed by atoms with van der Waals surface area (Å²) in [5.74, 6) is 0.541. The molecule has 0 unspecified atom stereocenters. The maximum Gasteiger partial charge on any atom is 0.239 e. The number of hydrogen-bond acceptors (Lipinski definition) is 3. The zero-order valence-corrected chi connectivity index (χ0v) is 10.1. The molecule has 5 heteroatoms. The van der Waals surface area contributed by atoms with E-state index in [-0.39, 0.29) is 12.5 Å². The molecule has 0 bridgehead atoms. The van der Waals surface area contributed by atoms with Crippen molar-refractivity contribution in [1.29, 1.82) is 0 Å². The summed E-state index contributed by atoms with van der Waals surface area (Å²) in [4.78, 5) is 11.2. The molecule has 0 atom stereocenters. The van der Waals surface area contributed by atoms with E-state index in [1.54, 1.807) is 25.3 Å². The van der Waals surface area contributed by atoms with E-state index in [2.05, 4.69) is 10.6 Å². The molecule has 0 aliphatic heterocycles. The highest BCUT2D eigenvalue weighted by molar-refractivity contribution is 6.32. The molecule has 0 spiro atoms. The minimum atomic E-state index is -0.0450. The minimum absolute atomic E-state index is 0.0450. The second-order valence-corrected chi connectivity index (χ2v) is 3.56. The van der Waals surface area contributed by atoms with Crippen molar-refractivity contribution in [3.8, 4) is 5.75 Å². The molecule has 0 radical (unpaired) electrons. The second-order valence-electron chi connectivity index (χ2n) is 3.16. The Bertz CT molecular complexity index is 369. The number of benzene rings is 1. The molecule has 1 rings (SSSR count). The third-order valence-electron chi connectivity index (χ3n) is 1.98. The molecule has 1 aromatic rings. The Morgan fingerprint density at radius 2 is 2.25 bits per heavy atom. The van der Waals surface area contributed by atoms with Crippen LogP contribution in [0.5, 0.6) is 5.75 Å². The Labute approximate surface area is 99.9 Å². The molecule has 2 N–H and O–H groups in total. The van der Waals surface area contributed by atoms with Crippen molar-refractivity contribution in [2.45, 2.75) is 6.92 Å². The van der Waals surface area contributed by atoms with Crippen LogP contribution in [-0.2, 0) is 4.79 Å². The van der Waals surface area contributed by atoms with E-state index in [0.717, 1.165) is 5.69 Å². The van der Waals surface area contributed by atoms with Gasteiger partial charge in [0.05, 0.1) is 18.7 Å². The number of halogens is 1. The highest BCUT2D eigenvalue weighted by Gasteiger charge is 2.03. The molecule has 88 valence electrons. The van der Waals surface area contributed by atoms with Gasteiger partial charge in [-0.25, -0.2) is 0 Å². The van der Waals surface area contributed by atoms with Gasteiger partial charge in [0.25, 0.3) is 0 Å². The fourth-order valence-corrected chi connectivity index (χ4v) is 1.41. The van der Waals surface area contributed by atoms with Gasteiger partial charge < -0.3 is 15.4 Å². The van der Waals surface area contributed by atoms with E-state index in [9.17, 15) is 4.79 Å². The van der Waals surface area contributed by atoms with Crippen molar-refractivity contribution in [1.82, 2.24) is 5.32 Å². The molecule has 1 amide bonds. The zero-order chi connectivity index (χ0) is 12.0. The molecule has 1 aromatic carbocycles. The van der Waals surface area contributed by atoms with Gasteiger partial charge in [-0.05, 0) is 19.1 Å². The third kappa shape index (κ3) is 3.62. The van der Waals surface area contributed by atoms with Gasteiger partial charge in [0.2, 0.25) is 5.91 Å². The number of methoxy groups -OCH3 is 1. The lowest BCUT2D eigenvalue weighted by Crippen LogP contribution is -2.29. The van der Waals surface area contributed by atoms with Gasteiger partial charge in [0.1, 0.15) is 5.75 Å². The van der Waals surface area contributed by atoms with Gasteiger partial charge >= 0.3 is 0 Å². The molecule has 0 aliphatic rings. The van der Waals surface area contributed by atoms with Crippen LogP contribution in [0.3, 0.4) is 0 Å². The van der Waals surface area contributed by atoms with Crippen LogP contribution >= 0.6 is 11.6 Å². The molecule has 16 heavy (non-hydrogen) atoms.